The number of nitrogens with zero attached hydrogens (tertiary/aromatic N) is 5. The number of hydrogen-bond donors (Lipinski definition) is 2. The van der Waals surface area contributed by atoms with E-state index in [0.29, 0.717) is 18.9 Å². The van der Waals surface area contributed by atoms with Crippen molar-refractivity contribution in [1.29, 1.82) is 0 Å². The van der Waals surface area contributed by atoms with E-state index in [9.17, 15) is 4.39 Å². The highest BCUT2D eigenvalue weighted by atomic mass is 19.1. The highest BCUT2D eigenvalue weighted by Crippen LogP contribution is 2.21. The molecule has 0 spiro atoms. The normalized spacial score (nSPS) is 19.7. The van der Waals surface area contributed by atoms with Gasteiger partial charge in [-0.25, -0.2) is 14.4 Å². The molecule has 0 radical (unpaired) electrons. The van der Waals surface area contributed by atoms with Gasteiger partial charge >= 0.3 is 0 Å². The van der Waals surface area contributed by atoms with E-state index in [4.69, 9.17) is 0 Å². The number of guanidine groups is 1. The van der Waals surface area contributed by atoms with Crippen molar-refractivity contribution in [2.75, 3.05) is 43.0 Å². The van der Waals surface area contributed by atoms with E-state index in [0.717, 1.165) is 37.8 Å². The van der Waals surface area contributed by atoms with Crippen LogP contribution in [0, 0.1) is 5.82 Å². The summed E-state index contributed by atoms with van der Waals surface area (Å²) in [7, 11) is 1.77. The minimum atomic E-state index is -0.276. The van der Waals surface area contributed by atoms with Crippen LogP contribution in [0.3, 0.4) is 0 Å². The maximum absolute atomic E-state index is 14.0. The number of rotatable bonds is 5. The van der Waals surface area contributed by atoms with E-state index in [1.807, 2.05) is 17.2 Å². The summed E-state index contributed by atoms with van der Waals surface area (Å²) in [5.41, 5.74) is 1.17. The molecule has 2 fully saturated rings. The molecule has 7 nitrogen and oxygen atoms in total. The second-order valence-electron chi connectivity index (χ2n) is 7.53. The lowest BCUT2D eigenvalue weighted by molar-refractivity contribution is 0.612. The molecule has 0 aliphatic carbocycles. The number of anilines is 2. The fraction of sp³-hybridized carbons (Fsp3) is 0.476. The molecule has 4 heterocycles. The van der Waals surface area contributed by atoms with Gasteiger partial charge in [-0.05, 0) is 49.1 Å². The first-order valence-corrected chi connectivity index (χ1v) is 10.3. The number of aliphatic imine (C=N–C) groups is 1. The molecule has 2 aliphatic rings. The first-order valence-electron chi connectivity index (χ1n) is 10.3. The molecule has 29 heavy (non-hydrogen) atoms. The summed E-state index contributed by atoms with van der Waals surface area (Å²) >= 11 is 0. The summed E-state index contributed by atoms with van der Waals surface area (Å²) < 4.78 is 14.0. The molecule has 0 amide bonds. The van der Waals surface area contributed by atoms with Crippen LogP contribution in [-0.4, -0.2) is 55.2 Å². The second-order valence-corrected chi connectivity index (χ2v) is 7.53. The van der Waals surface area contributed by atoms with Crippen LogP contribution in [0.15, 0.2) is 41.7 Å². The van der Waals surface area contributed by atoms with Crippen LogP contribution in [0.25, 0.3) is 0 Å². The lowest BCUT2D eigenvalue weighted by Crippen LogP contribution is -2.44. The fourth-order valence-corrected chi connectivity index (χ4v) is 3.94. The topological polar surface area (TPSA) is 68.7 Å². The molecule has 0 bridgehead atoms. The van der Waals surface area contributed by atoms with Gasteiger partial charge in [-0.1, -0.05) is 0 Å². The number of nitrogens with one attached hydrogen (secondary N) is 2. The van der Waals surface area contributed by atoms with Gasteiger partial charge in [-0.3, -0.25) is 4.99 Å². The molecule has 2 aromatic rings. The summed E-state index contributed by atoms with van der Waals surface area (Å²) in [6, 6.07) is 7.44. The lowest BCUT2D eigenvalue weighted by atomic mass is 10.2. The predicted octanol–water partition coefficient (Wildman–Crippen LogP) is 2.16. The predicted molar refractivity (Wildman–Crippen MR) is 114 cm³/mol. The minimum absolute atomic E-state index is 0.195. The quantitative estimate of drug-likeness (QED) is 0.595. The average molecular weight is 398 g/mol. The Bertz CT molecular complexity index is 850. The van der Waals surface area contributed by atoms with Crippen LogP contribution >= 0.6 is 0 Å². The molecule has 1 unspecified atom stereocenters. The molecule has 2 aromatic heterocycles. The highest BCUT2D eigenvalue weighted by Gasteiger charge is 2.26. The largest absolute Gasteiger partial charge is 0.357 e. The Labute approximate surface area is 171 Å². The molecular weight excluding hydrogens is 369 g/mol. The molecule has 1 atom stereocenters. The van der Waals surface area contributed by atoms with Crippen molar-refractivity contribution in [2.24, 2.45) is 4.99 Å². The molecule has 4 rings (SSSR count). The number of hydrogen-bond acceptors (Lipinski definition) is 5. The fourth-order valence-electron chi connectivity index (χ4n) is 3.94. The van der Waals surface area contributed by atoms with E-state index in [1.165, 1.54) is 24.5 Å². The summed E-state index contributed by atoms with van der Waals surface area (Å²) in [5, 5.41) is 6.83. The highest BCUT2D eigenvalue weighted by molar-refractivity contribution is 5.80. The summed E-state index contributed by atoms with van der Waals surface area (Å²) in [4.78, 5) is 17.3. The minimum Gasteiger partial charge on any atom is -0.357 e. The third-order valence-corrected chi connectivity index (χ3v) is 5.49. The van der Waals surface area contributed by atoms with Gasteiger partial charge in [-0.2, -0.15) is 0 Å². The van der Waals surface area contributed by atoms with Crippen LogP contribution in [0.5, 0.6) is 0 Å². The summed E-state index contributed by atoms with van der Waals surface area (Å²) in [6.07, 6.45) is 6.88. The van der Waals surface area contributed by atoms with Crippen molar-refractivity contribution in [3.63, 3.8) is 0 Å². The van der Waals surface area contributed by atoms with Crippen LogP contribution < -0.4 is 20.4 Å². The zero-order chi connectivity index (χ0) is 20.1. The summed E-state index contributed by atoms with van der Waals surface area (Å²) in [5.74, 6) is 1.94. The molecular formula is C21H28FN7. The summed E-state index contributed by atoms with van der Waals surface area (Å²) in [6.45, 7) is 4.31. The Kier molecular flexibility index (Phi) is 6.07. The van der Waals surface area contributed by atoms with Crippen molar-refractivity contribution >= 4 is 17.6 Å². The van der Waals surface area contributed by atoms with Gasteiger partial charge in [0.1, 0.15) is 5.82 Å². The van der Waals surface area contributed by atoms with Gasteiger partial charge in [0.05, 0.1) is 0 Å². The number of pyridine rings is 2. The first kappa shape index (κ1) is 19.4. The van der Waals surface area contributed by atoms with Crippen molar-refractivity contribution < 1.29 is 4.39 Å². The van der Waals surface area contributed by atoms with E-state index in [2.05, 4.69) is 36.6 Å². The Morgan fingerprint density at radius 1 is 1.17 bits per heavy atom. The molecule has 8 heteroatoms. The van der Waals surface area contributed by atoms with Gasteiger partial charge in [0, 0.05) is 58.2 Å². The molecule has 2 N–H and O–H groups in total. The van der Waals surface area contributed by atoms with Gasteiger partial charge in [-0.15, -0.1) is 0 Å². The zero-order valence-electron chi connectivity index (χ0n) is 16.8. The van der Waals surface area contributed by atoms with Crippen LogP contribution in [0.2, 0.25) is 0 Å². The Morgan fingerprint density at radius 3 is 2.83 bits per heavy atom. The SMILES string of the molecule is CN=C(NCc1ccnc(N2CCCC2)c1)NC1CCN(c2ncccc2F)C1. The molecule has 0 saturated carbocycles. The van der Waals surface area contributed by atoms with Gasteiger partial charge in [0.15, 0.2) is 17.6 Å². The first-order chi connectivity index (χ1) is 14.2. The van der Waals surface area contributed by atoms with Crippen molar-refractivity contribution in [2.45, 2.75) is 31.8 Å². The van der Waals surface area contributed by atoms with Crippen molar-refractivity contribution in [1.82, 2.24) is 20.6 Å². The molecule has 0 aromatic carbocycles. The number of aromatic nitrogens is 2. The lowest BCUT2D eigenvalue weighted by Gasteiger charge is -2.20. The van der Waals surface area contributed by atoms with Crippen LogP contribution in [0.4, 0.5) is 16.0 Å². The van der Waals surface area contributed by atoms with Gasteiger partial charge in [0.2, 0.25) is 0 Å². The van der Waals surface area contributed by atoms with Gasteiger partial charge in [0.25, 0.3) is 0 Å². The van der Waals surface area contributed by atoms with Crippen LogP contribution in [0.1, 0.15) is 24.8 Å². The standard InChI is InChI=1S/C21H28FN7/c1-23-21(26-14-16-6-9-24-19(13-16)28-10-2-3-11-28)27-17-7-12-29(15-17)20-18(22)5-4-8-25-20/h4-6,8-9,13,17H,2-3,7,10-12,14-15H2,1H3,(H2,23,26,27). The monoisotopic (exact) mass is 397 g/mol. The third-order valence-electron chi connectivity index (χ3n) is 5.49. The van der Waals surface area contributed by atoms with Crippen molar-refractivity contribution in [3.8, 4) is 0 Å². The Hall–Kier alpha value is -2.90. The zero-order valence-corrected chi connectivity index (χ0v) is 16.8. The third kappa shape index (κ3) is 4.75. The van der Waals surface area contributed by atoms with Crippen LogP contribution in [-0.2, 0) is 6.54 Å². The maximum Gasteiger partial charge on any atom is 0.191 e. The van der Waals surface area contributed by atoms with Gasteiger partial charge < -0.3 is 20.4 Å². The van der Waals surface area contributed by atoms with E-state index < -0.39 is 0 Å². The smallest absolute Gasteiger partial charge is 0.191 e. The molecule has 2 saturated heterocycles. The molecule has 154 valence electrons. The average Bonchev–Trinajstić information content (AvgIpc) is 3.44. The van der Waals surface area contributed by atoms with Crippen molar-refractivity contribution in [3.05, 3.63) is 48.0 Å². The Morgan fingerprint density at radius 2 is 2.03 bits per heavy atom. The Balaban J connectivity index is 1.30. The second kappa shape index (κ2) is 9.07. The maximum atomic E-state index is 14.0. The number of halogens is 1. The van der Waals surface area contributed by atoms with E-state index in [1.54, 1.807) is 19.3 Å². The molecule has 2 aliphatic heterocycles. The van der Waals surface area contributed by atoms with E-state index in [-0.39, 0.29) is 11.9 Å². The van der Waals surface area contributed by atoms with E-state index >= 15 is 0 Å².